The molecule has 3 rings (SSSR count). The van der Waals surface area contributed by atoms with Gasteiger partial charge in [0, 0.05) is 11.6 Å². The zero-order chi connectivity index (χ0) is 14.7. The molecule has 0 aliphatic rings. The van der Waals surface area contributed by atoms with E-state index in [1.807, 2.05) is 42.5 Å². The van der Waals surface area contributed by atoms with Gasteiger partial charge in [0.05, 0.1) is 5.56 Å². The zero-order valence-electron chi connectivity index (χ0n) is 11.6. The van der Waals surface area contributed by atoms with Crippen molar-refractivity contribution < 1.29 is 3.96 Å². The topological polar surface area (TPSA) is 28.8 Å². The maximum atomic E-state index is 5.98. The molecule has 0 saturated heterocycles. The summed E-state index contributed by atoms with van der Waals surface area (Å²) < 4.78 is 2.11. The molecule has 5 heteroatoms. The van der Waals surface area contributed by atoms with Gasteiger partial charge in [0.2, 0.25) is 0 Å². The van der Waals surface area contributed by atoms with Crippen LogP contribution in [0.2, 0.25) is 5.02 Å². The lowest BCUT2D eigenvalue weighted by molar-refractivity contribution is -0.509. The van der Waals surface area contributed by atoms with Crippen molar-refractivity contribution in [3.8, 4) is 17.1 Å². The number of anilines is 1. The number of aromatic nitrogens is 2. The molecule has 0 aliphatic heterocycles. The Morgan fingerprint density at radius 3 is 2.48 bits per heavy atom. The zero-order valence-corrected chi connectivity index (χ0v) is 13.2. The van der Waals surface area contributed by atoms with E-state index in [2.05, 4.69) is 28.3 Å². The van der Waals surface area contributed by atoms with Crippen molar-refractivity contribution in [2.75, 3.05) is 11.9 Å². The van der Waals surface area contributed by atoms with Crippen LogP contribution in [0.4, 0.5) is 5.13 Å². The minimum Gasteiger partial charge on any atom is -0.338 e. The molecule has 0 amide bonds. The van der Waals surface area contributed by atoms with Gasteiger partial charge in [-0.2, -0.15) is 0 Å². The smallest absolute Gasteiger partial charge is 0.338 e. The fraction of sp³-hybridized carbons (Fsp3) is 0.125. The minimum atomic E-state index is 0.733. The van der Waals surface area contributed by atoms with E-state index in [-0.39, 0.29) is 0 Å². The second kappa shape index (κ2) is 6.24. The Balaban J connectivity index is 2.11. The Bertz CT molecular complexity index is 723. The van der Waals surface area contributed by atoms with E-state index in [0.29, 0.717) is 0 Å². The number of hydrogen-bond donors (Lipinski definition) is 1. The summed E-state index contributed by atoms with van der Waals surface area (Å²) in [6, 6.07) is 18.0. The molecule has 0 saturated carbocycles. The predicted molar refractivity (Wildman–Crippen MR) is 88.3 cm³/mol. The van der Waals surface area contributed by atoms with Crippen LogP contribution in [0.25, 0.3) is 17.1 Å². The molecule has 106 valence electrons. The summed E-state index contributed by atoms with van der Waals surface area (Å²) in [6.07, 6.45) is 0. The Kier molecular flexibility index (Phi) is 4.18. The van der Waals surface area contributed by atoms with E-state index in [1.54, 1.807) is 11.5 Å². The van der Waals surface area contributed by atoms with Crippen LogP contribution in [-0.4, -0.2) is 11.5 Å². The molecule has 3 nitrogen and oxygen atoms in total. The molecule has 21 heavy (non-hydrogen) atoms. The summed E-state index contributed by atoms with van der Waals surface area (Å²) in [6.45, 7) is 2.92. The number of halogens is 1. The number of benzene rings is 2. The normalized spacial score (nSPS) is 10.6. The first-order valence-corrected chi connectivity index (χ1v) is 7.91. The third-order valence-electron chi connectivity index (χ3n) is 3.00. The molecule has 0 fully saturated rings. The Labute approximate surface area is 133 Å². The van der Waals surface area contributed by atoms with E-state index >= 15 is 0 Å². The Morgan fingerprint density at radius 1 is 1.10 bits per heavy atom. The van der Waals surface area contributed by atoms with E-state index in [4.69, 9.17) is 16.6 Å². The Morgan fingerprint density at radius 2 is 1.81 bits per heavy atom. The van der Waals surface area contributed by atoms with Crippen molar-refractivity contribution in [2.24, 2.45) is 0 Å². The maximum Gasteiger partial charge on any atom is 0.350 e. The molecule has 3 aromatic rings. The molecular weight excluding hydrogens is 302 g/mol. The van der Waals surface area contributed by atoms with Gasteiger partial charge in [0.25, 0.3) is 0 Å². The second-order valence-electron chi connectivity index (χ2n) is 4.50. The van der Waals surface area contributed by atoms with Gasteiger partial charge in [-0.1, -0.05) is 29.8 Å². The highest BCUT2D eigenvalue weighted by Gasteiger charge is 2.23. The average Bonchev–Trinajstić information content (AvgIpc) is 2.93. The largest absolute Gasteiger partial charge is 0.350 e. The fourth-order valence-electron chi connectivity index (χ4n) is 2.04. The lowest BCUT2D eigenvalue weighted by Crippen LogP contribution is -2.27. The summed E-state index contributed by atoms with van der Waals surface area (Å²) in [5.74, 6) is 0.930. The first kappa shape index (κ1) is 14.0. The highest BCUT2D eigenvalue weighted by Crippen LogP contribution is 2.22. The van der Waals surface area contributed by atoms with Crippen molar-refractivity contribution in [1.29, 1.82) is 0 Å². The Hall–Kier alpha value is -1.91. The first-order valence-electron chi connectivity index (χ1n) is 6.76. The minimum absolute atomic E-state index is 0.733. The lowest BCUT2D eigenvalue weighted by atomic mass is 10.2. The molecule has 2 aromatic carbocycles. The molecule has 0 radical (unpaired) electrons. The third-order valence-corrected chi connectivity index (χ3v) is 4.23. The van der Waals surface area contributed by atoms with Crippen LogP contribution in [0, 0.1) is 0 Å². The highest BCUT2D eigenvalue weighted by molar-refractivity contribution is 7.06. The van der Waals surface area contributed by atoms with Crippen LogP contribution >= 0.6 is 23.1 Å². The standard InChI is InChI=1S/C16H14ClN3S/c1-2-18-16-19-15(12-6-4-3-5-7-12)20(21-16)14-10-8-13(17)9-11-14/h3-11H,2H2,1H3/p+1. The molecule has 0 atom stereocenters. The number of nitrogens with zero attached hydrogens (tertiary/aromatic N) is 2. The number of rotatable bonds is 4. The third kappa shape index (κ3) is 3.06. The van der Waals surface area contributed by atoms with Gasteiger partial charge in [-0.3, -0.25) is 0 Å². The van der Waals surface area contributed by atoms with Gasteiger partial charge < -0.3 is 5.32 Å². The quantitative estimate of drug-likeness (QED) is 0.732. The van der Waals surface area contributed by atoms with Crippen molar-refractivity contribution in [2.45, 2.75) is 6.92 Å². The van der Waals surface area contributed by atoms with Crippen LogP contribution in [0.1, 0.15) is 6.92 Å². The van der Waals surface area contributed by atoms with Gasteiger partial charge >= 0.3 is 11.0 Å². The van der Waals surface area contributed by atoms with Crippen LogP contribution in [0.15, 0.2) is 54.6 Å². The molecule has 1 aromatic heterocycles. The summed E-state index contributed by atoms with van der Waals surface area (Å²) in [7, 11) is 0. The summed E-state index contributed by atoms with van der Waals surface area (Å²) in [5, 5.41) is 4.92. The van der Waals surface area contributed by atoms with Crippen LogP contribution < -0.4 is 9.27 Å². The number of hydrogen-bond acceptors (Lipinski definition) is 3. The van der Waals surface area contributed by atoms with Crippen molar-refractivity contribution in [3.63, 3.8) is 0 Å². The van der Waals surface area contributed by atoms with Crippen LogP contribution in [0.5, 0.6) is 0 Å². The summed E-state index contributed by atoms with van der Waals surface area (Å²) in [4.78, 5) is 4.71. The highest BCUT2D eigenvalue weighted by atomic mass is 35.5. The molecule has 0 spiro atoms. The fourth-order valence-corrected chi connectivity index (χ4v) is 3.13. The summed E-state index contributed by atoms with van der Waals surface area (Å²) >= 11 is 7.57. The van der Waals surface area contributed by atoms with E-state index in [9.17, 15) is 0 Å². The van der Waals surface area contributed by atoms with Gasteiger partial charge in [0.15, 0.2) is 0 Å². The molecule has 1 heterocycles. The monoisotopic (exact) mass is 316 g/mol. The maximum absolute atomic E-state index is 5.98. The van der Waals surface area contributed by atoms with E-state index < -0.39 is 0 Å². The lowest BCUT2D eigenvalue weighted by Gasteiger charge is -1.98. The SMILES string of the molecule is CCNc1nc(-c2ccccc2)[n+](-c2ccc(Cl)cc2)s1. The molecule has 0 bridgehead atoms. The first-order chi connectivity index (χ1) is 10.3. The molecule has 0 unspecified atom stereocenters. The second-order valence-corrected chi connectivity index (χ2v) is 5.87. The molecular formula is C16H15ClN3S+. The van der Waals surface area contributed by atoms with E-state index in [1.165, 1.54) is 0 Å². The van der Waals surface area contributed by atoms with Crippen molar-refractivity contribution in [1.82, 2.24) is 4.98 Å². The van der Waals surface area contributed by atoms with Gasteiger partial charge in [0.1, 0.15) is 17.2 Å². The average molecular weight is 317 g/mol. The van der Waals surface area contributed by atoms with Gasteiger partial charge in [-0.15, -0.1) is 3.96 Å². The predicted octanol–water partition coefficient (Wildman–Crippen LogP) is 4.17. The molecule has 1 N–H and O–H groups in total. The van der Waals surface area contributed by atoms with Gasteiger partial charge in [-0.05, 0) is 48.3 Å². The van der Waals surface area contributed by atoms with Crippen molar-refractivity contribution in [3.05, 3.63) is 59.6 Å². The van der Waals surface area contributed by atoms with Crippen molar-refractivity contribution >= 4 is 28.3 Å². The summed E-state index contributed by atoms with van der Waals surface area (Å²) in [5.41, 5.74) is 2.15. The van der Waals surface area contributed by atoms with E-state index in [0.717, 1.165) is 33.8 Å². The van der Waals surface area contributed by atoms with Crippen LogP contribution in [0.3, 0.4) is 0 Å². The van der Waals surface area contributed by atoms with Crippen LogP contribution in [-0.2, 0) is 0 Å². The van der Waals surface area contributed by atoms with Gasteiger partial charge in [-0.25, -0.2) is 0 Å². The number of nitrogens with one attached hydrogen (secondary N) is 1. The molecule has 0 aliphatic carbocycles.